The van der Waals surface area contributed by atoms with Gasteiger partial charge in [-0.25, -0.2) is 4.79 Å². The van der Waals surface area contributed by atoms with Gasteiger partial charge >= 0.3 is 5.97 Å². The van der Waals surface area contributed by atoms with Crippen LogP contribution >= 0.6 is 0 Å². The Morgan fingerprint density at radius 2 is 2.23 bits per heavy atom. The minimum atomic E-state index is -0.421. The molecule has 0 aliphatic carbocycles. The Bertz CT molecular complexity index is 175. The Balaban J connectivity index is 3.83. The summed E-state index contributed by atoms with van der Waals surface area (Å²) in [5, 5.41) is 8.88. The van der Waals surface area contributed by atoms with Crippen LogP contribution in [-0.4, -0.2) is 23.8 Å². The van der Waals surface area contributed by atoms with Gasteiger partial charge in [0.15, 0.2) is 0 Å². The van der Waals surface area contributed by atoms with Crippen molar-refractivity contribution in [3.8, 4) is 0 Å². The van der Waals surface area contributed by atoms with Crippen LogP contribution in [0.4, 0.5) is 0 Å². The maximum absolute atomic E-state index is 11.0. The Morgan fingerprint density at radius 3 is 2.62 bits per heavy atom. The number of esters is 1. The highest BCUT2D eigenvalue weighted by Gasteiger charge is 2.12. The predicted molar refractivity (Wildman–Crippen MR) is 51.3 cm³/mol. The van der Waals surface area contributed by atoms with Gasteiger partial charge in [0.1, 0.15) is 6.10 Å². The number of rotatable bonds is 6. The van der Waals surface area contributed by atoms with E-state index >= 15 is 0 Å². The number of aliphatic hydroxyl groups excluding tert-OH is 1. The maximum atomic E-state index is 11.0. The third kappa shape index (κ3) is 5.42. The van der Waals surface area contributed by atoms with Gasteiger partial charge in [-0.1, -0.05) is 19.9 Å². The van der Waals surface area contributed by atoms with Gasteiger partial charge in [0, 0.05) is 5.57 Å². The summed E-state index contributed by atoms with van der Waals surface area (Å²) in [6, 6.07) is 0. The van der Waals surface area contributed by atoms with Crippen molar-refractivity contribution in [3.63, 3.8) is 0 Å². The van der Waals surface area contributed by atoms with Crippen molar-refractivity contribution in [1.29, 1.82) is 0 Å². The lowest BCUT2D eigenvalue weighted by atomic mass is 10.2. The molecule has 0 amide bonds. The molecule has 0 aromatic heterocycles. The molecule has 76 valence electrons. The van der Waals surface area contributed by atoms with Crippen LogP contribution in [0.2, 0.25) is 0 Å². The fourth-order valence-corrected chi connectivity index (χ4v) is 0.871. The second-order valence-corrected chi connectivity index (χ2v) is 3.13. The average molecular weight is 186 g/mol. The molecule has 0 fully saturated rings. The fraction of sp³-hybridized carbons (Fsp3) is 0.700. The smallest absolute Gasteiger partial charge is 0.333 e. The predicted octanol–water partition coefficient (Wildman–Crippen LogP) is 1.66. The molecule has 0 saturated carbocycles. The highest BCUT2D eigenvalue weighted by atomic mass is 16.6. The van der Waals surface area contributed by atoms with E-state index < -0.39 is 5.97 Å². The maximum Gasteiger partial charge on any atom is 0.333 e. The van der Waals surface area contributed by atoms with Crippen LogP contribution in [0.1, 0.15) is 33.1 Å². The third-order valence-electron chi connectivity index (χ3n) is 1.71. The van der Waals surface area contributed by atoms with Gasteiger partial charge in [0.05, 0.1) is 6.61 Å². The summed E-state index contributed by atoms with van der Waals surface area (Å²) in [5.41, 5.74) is 0.370. The van der Waals surface area contributed by atoms with E-state index in [-0.39, 0.29) is 12.7 Å². The zero-order valence-electron chi connectivity index (χ0n) is 8.38. The number of hydrogen-bond donors (Lipinski definition) is 1. The lowest BCUT2D eigenvalue weighted by Gasteiger charge is -2.14. The SMILES string of the molecule is C=C(C)C(=O)OC(CO)CCCC. The van der Waals surface area contributed by atoms with Gasteiger partial charge < -0.3 is 9.84 Å². The molecule has 1 atom stereocenters. The molecule has 0 heterocycles. The number of unbranched alkanes of at least 4 members (excludes halogenated alkanes) is 1. The Labute approximate surface area is 79.4 Å². The molecule has 0 rings (SSSR count). The summed E-state index contributed by atoms with van der Waals surface area (Å²) in [7, 11) is 0. The van der Waals surface area contributed by atoms with Crippen LogP contribution in [0.15, 0.2) is 12.2 Å². The molecule has 13 heavy (non-hydrogen) atoms. The minimum absolute atomic E-state index is 0.112. The van der Waals surface area contributed by atoms with E-state index in [0.29, 0.717) is 12.0 Å². The van der Waals surface area contributed by atoms with Crippen molar-refractivity contribution in [1.82, 2.24) is 0 Å². The molecular weight excluding hydrogens is 168 g/mol. The van der Waals surface area contributed by atoms with Crippen LogP contribution in [-0.2, 0) is 9.53 Å². The van der Waals surface area contributed by atoms with Crippen molar-refractivity contribution in [2.75, 3.05) is 6.61 Å². The van der Waals surface area contributed by atoms with E-state index in [4.69, 9.17) is 9.84 Å². The summed E-state index contributed by atoms with van der Waals surface area (Å²) < 4.78 is 4.97. The Morgan fingerprint density at radius 1 is 1.62 bits per heavy atom. The highest BCUT2D eigenvalue weighted by molar-refractivity contribution is 5.87. The van der Waals surface area contributed by atoms with Gasteiger partial charge in [-0.15, -0.1) is 0 Å². The average Bonchev–Trinajstić information content (AvgIpc) is 2.11. The molecule has 0 radical (unpaired) electrons. The molecule has 0 aliphatic rings. The van der Waals surface area contributed by atoms with Gasteiger partial charge in [0.25, 0.3) is 0 Å². The summed E-state index contributed by atoms with van der Waals surface area (Å²) >= 11 is 0. The molecule has 3 nitrogen and oxygen atoms in total. The number of aliphatic hydroxyl groups is 1. The lowest BCUT2D eigenvalue weighted by molar-refractivity contribution is -0.146. The number of ether oxygens (including phenoxy) is 1. The number of hydrogen-bond acceptors (Lipinski definition) is 3. The largest absolute Gasteiger partial charge is 0.457 e. The van der Waals surface area contributed by atoms with Crippen molar-refractivity contribution < 1.29 is 14.6 Å². The van der Waals surface area contributed by atoms with Crippen LogP contribution in [0.3, 0.4) is 0 Å². The molecule has 0 aliphatic heterocycles. The lowest BCUT2D eigenvalue weighted by Crippen LogP contribution is -2.22. The monoisotopic (exact) mass is 186 g/mol. The van der Waals surface area contributed by atoms with Gasteiger partial charge in [-0.05, 0) is 19.8 Å². The zero-order valence-corrected chi connectivity index (χ0v) is 8.38. The summed E-state index contributed by atoms with van der Waals surface area (Å²) in [4.78, 5) is 11.0. The van der Waals surface area contributed by atoms with E-state index in [2.05, 4.69) is 13.5 Å². The first-order valence-corrected chi connectivity index (χ1v) is 4.59. The second-order valence-electron chi connectivity index (χ2n) is 3.13. The Hall–Kier alpha value is -0.830. The van der Waals surface area contributed by atoms with Crippen molar-refractivity contribution >= 4 is 5.97 Å². The molecule has 0 bridgehead atoms. The topological polar surface area (TPSA) is 46.5 Å². The minimum Gasteiger partial charge on any atom is -0.457 e. The summed E-state index contributed by atoms with van der Waals surface area (Å²) in [6.45, 7) is 7.00. The van der Waals surface area contributed by atoms with Crippen molar-refractivity contribution in [2.24, 2.45) is 0 Å². The van der Waals surface area contributed by atoms with Crippen LogP contribution in [0.5, 0.6) is 0 Å². The molecule has 1 N–H and O–H groups in total. The van der Waals surface area contributed by atoms with Gasteiger partial charge in [0.2, 0.25) is 0 Å². The van der Waals surface area contributed by atoms with Crippen LogP contribution in [0, 0.1) is 0 Å². The molecule has 0 spiro atoms. The quantitative estimate of drug-likeness (QED) is 0.507. The van der Waals surface area contributed by atoms with Gasteiger partial charge in [-0.3, -0.25) is 0 Å². The molecule has 3 heteroatoms. The van der Waals surface area contributed by atoms with E-state index in [1.165, 1.54) is 0 Å². The second kappa shape index (κ2) is 6.66. The van der Waals surface area contributed by atoms with Crippen molar-refractivity contribution in [2.45, 2.75) is 39.2 Å². The van der Waals surface area contributed by atoms with Crippen molar-refractivity contribution in [3.05, 3.63) is 12.2 Å². The molecule has 1 unspecified atom stereocenters. The summed E-state index contributed by atoms with van der Waals surface area (Å²) in [5.74, 6) is -0.421. The third-order valence-corrected chi connectivity index (χ3v) is 1.71. The molecule has 0 aromatic rings. The molecule has 0 aromatic carbocycles. The highest BCUT2D eigenvalue weighted by Crippen LogP contribution is 2.06. The molecular formula is C10H18O3. The number of carbonyl (C=O) groups excluding carboxylic acids is 1. The van der Waals surface area contributed by atoms with Crippen LogP contribution < -0.4 is 0 Å². The molecule has 0 saturated heterocycles. The Kier molecular flexibility index (Phi) is 6.24. The standard InChI is InChI=1S/C10H18O3/c1-4-5-6-9(7-11)13-10(12)8(2)3/h9,11H,2,4-7H2,1,3H3. The first kappa shape index (κ1) is 12.2. The summed E-state index contributed by atoms with van der Waals surface area (Å²) in [6.07, 6.45) is 2.33. The van der Waals surface area contributed by atoms with E-state index in [1.54, 1.807) is 6.92 Å². The van der Waals surface area contributed by atoms with E-state index in [0.717, 1.165) is 12.8 Å². The van der Waals surface area contributed by atoms with Crippen LogP contribution in [0.25, 0.3) is 0 Å². The van der Waals surface area contributed by atoms with Gasteiger partial charge in [-0.2, -0.15) is 0 Å². The normalized spacial score (nSPS) is 12.2. The zero-order chi connectivity index (χ0) is 10.3. The first-order chi connectivity index (χ1) is 6.11. The number of carbonyl (C=O) groups is 1. The van der Waals surface area contributed by atoms with E-state index in [9.17, 15) is 4.79 Å². The van der Waals surface area contributed by atoms with E-state index in [1.807, 2.05) is 0 Å². The first-order valence-electron chi connectivity index (χ1n) is 4.59. The fourth-order valence-electron chi connectivity index (χ4n) is 0.871.